The number of carbonyl (C=O) groups excluding carboxylic acids is 1. The number of likely N-dealkylation sites (tertiary alicyclic amines) is 1. The number of halogens is 1. The summed E-state index contributed by atoms with van der Waals surface area (Å²) >= 11 is 1.71. The van der Waals surface area contributed by atoms with Gasteiger partial charge in [0.1, 0.15) is 5.01 Å². The van der Waals surface area contributed by atoms with Gasteiger partial charge in [-0.05, 0) is 25.2 Å². The molecule has 2 unspecified atom stereocenters. The Kier molecular flexibility index (Phi) is 9.61. The molecule has 0 saturated carbocycles. The van der Waals surface area contributed by atoms with Crippen molar-refractivity contribution >= 4 is 47.2 Å². The van der Waals surface area contributed by atoms with E-state index in [1.54, 1.807) is 11.3 Å². The average Bonchev–Trinajstić information content (AvgIpc) is 3.08. The van der Waals surface area contributed by atoms with Crippen LogP contribution in [-0.4, -0.2) is 84.4 Å². The molecule has 0 bridgehead atoms. The number of thiazole rings is 1. The largest absolute Gasteiger partial charge is 0.350 e. The fourth-order valence-corrected chi connectivity index (χ4v) is 4.97. The zero-order valence-corrected chi connectivity index (χ0v) is 21.2. The smallest absolute Gasteiger partial charge is 0.236 e. The normalized spacial score (nSPS) is 23.7. The number of aromatic nitrogens is 1. The third kappa shape index (κ3) is 7.06. The monoisotopic (exact) mass is 534 g/mol. The van der Waals surface area contributed by atoms with E-state index >= 15 is 0 Å². The maximum absolute atomic E-state index is 12.7. The summed E-state index contributed by atoms with van der Waals surface area (Å²) in [6.07, 6.45) is 3.14. The Morgan fingerprint density at radius 2 is 1.86 bits per heavy atom. The third-order valence-electron chi connectivity index (χ3n) is 5.53. The van der Waals surface area contributed by atoms with Gasteiger partial charge in [-0.15, -0.1) is 35.3 Å². The zero-order valence-electron chi connectivity index (χ0n) is 18.1. The number of piperazine rings is 1. The van der Waals surface area contributed by atoms with Crippen LogP contribution in [0.3, 0.4) is 0 Å². The van der Waals surface area contributed by atoms with Crippen LogP contribution in [-0.2, 0) is 11.3 Å². The summed E-state index contributed by atoms with van der Waals surface area (Å²) in [6.45, 7) is 13.2. The number of amides is 1. The highest BCUT2D eigenvalue weighted by atomic mass is 127. The molecule has 9 heteroatoms. The van der Waals surface area contributed by atoms with Crippen molar-refractivity contribution in [2.24, 2.45) is 16.8 Å². The highest BCUT2D eigenvalue weighted by molar-refractivity contribution is 14.0. The lowest BCUT2D eigenvalue weighted by molar-refractivity contribution is -0.135. The molecule has 2 saturated heterocycles. The Hall–Kier alpha value is -0.940. The number of rotatable bonds is 4. The van der Waals surface area contributed by atoms with E-state index in [-0.39, 0.29) is 29.9 Å². The molecule has 2 fully saturated rings. The number of hydrogen-bond acceptors (Lipinski definition) is 5. The standard InChI is InChI=1S/C20H34N6OS.HI/c1-15-9-16(2)13-26(12-15)19(27)14-24-5-7-25(8-6-24)20(21-4)23-11-18-22-10-17(3)28-18;/h10,15-16H,5-9,11-14H2,1-4H3,(H,21,23);1H. The van der Waals surface area contributed by atoms with Crippen molar-refractivity contribution in [2.45, 2.75) is 33.7 Å². The first-order valence-corrected chi connectivity index (χ1v) is 11.1. The van der Waals surface area contributed by atoms with Crippen LogP contribution in [0.2, 0.25) is 0 Å². The molecule has 1 amide bonds. The second-order valence-corrected chi connectivity index (χ2v) is 9.59. The lowest BCUT2D eigenvalue weighted by atomic mass is 9.92. The van der Waals surface area contributed by atoms with Crippen LogP contribution in [0.4, 0.5) is 0 Å². The van der Waals surface area contributed by atoms with E-state index in [2.05, 4.69) is 50.8 Å². The van der Waals surface area contributed by atoms with Crippen molar-refractivity contribution in [2.75, 3.05) is 52.9 Å². The number of aryl methyl sites for hydroxylation is 1. The number of nitrogens with zero attached hydrogens (tertiary/aromatic N) is 5. The van der Waals surface area contributed by atoms with Gasteiger partial charge in [0.2, 0.25) is 5.91 Å². The van der Waals surface area contributed by atoms with Crippen LogP contribution in [0.15, 0.2) is 11.2 Å². The van der Waals surface area contributed by atoms with Crippen molar-refractivity contribution in [3.05, 3.63) is 16.1 Å². The molecule has 1 aromatic rings. The van der Waals surface area contributed by atoms with Crippen LogP contribution in [0.25, 0.3) is 0 Å². The number of piperidine rings is 1. The quantitative estimate of drug-likeness (QED) is 0.365. The lowest BCUT2D eigenvalue weighted by Crippen LogP contribution is -2.55. The summed E-state index contributed by atoms with van der Waals surface area (Å²) in [4.78, 5) is 29.4. The molecular formula is C20H35IN6OS. The molecule has 1 aromatic heterocycles. The predicted molar refractivity (Wildman–Crippen MR) is 130 cm³/mol. The molecule has 2 aliphatic heterocycles. The van der Waals surface area contributed by atoms with Gasteiger partial charge < -0.3 is 15.1 Å². The highest BCUT2D eigenvalue weighted by Gasteiger charge is 2.28. The van der Waals surface area contributed by atoms with Gasteiger partial charge in [-0.1, -0.05) is 13.8 Å². The van der Waals surface area contributed by atoms with Gasteiger partial charge in [0.05, 0.1) is 13.1 Å². The van der Waals surface area contributed by atoms with Crippen LogP contribution >= 0.6 is 35.3 Å². The predicted octanol–water partition coefficient (Wildman–Crippen LogP) is 2.27. The minimum atomic E-state index is 0. The average molecular weight is 535 g/mol. The first-order chi connectivity index (χ1) is 13.4. The molecule has 0 radical (unpaired) electrons. The second-order valence-electron chi connectivity index (χ2n) is 8.27. The summed E-state index contributed by atoms with van der Waals surface area (Å²) in [7, 11) is 1.82. The van der Waals surface area contributed by atoms with Crippen LogP contribution in [0, 0.1) is 18.8 Å². The molecule has 0 aromatic carbocycles. The Bertz CT molecular complexity index is 678. The molecule has 29 heavy (non-hydrogen) atoms. The molecule has 3 rings (SSSR count). The van der Waals surface area contributed by atoms with E-state index in [9.17, 15) is 4.79 Å². The van der Waals surface area contributed by atoms with Crippen molar-refractivity contribution in [3.63, 3.8) is 0 Å². The van der Waals surface area contributed by atoms with Gasteiger partial charge in [0.25, 0.3) is 0 Å². The lowest BCUT2D eigenvalue weighted by Gasteiger charge is -2.39. The molecule has 164 valence electrons. The molecular weight excluding hydrogens is 499 g/mol. The summed E-state index contributed by atoms with van der Waals surface area (Å²) in [5.41, 5.74) is 0. The van der Waals surface area contributed by atoms with Gasteiger partial charge in [0, 0.05) is 57.4 Å². The fourth-order valence-electron chi connectivity index (χ4n) is 4.25. The summed E-state index contributed by atoms with van der Waals surface area (Å²) in [5, 5.41) is 4.49. The molecule has 2 atom stereocenters. The molecule has 1 N–H and O–H groups in total. The number of hydrogen-bond donors (Lipinski definition) is 1. The maximum atomic E-state index is 12.7. The van der Waals surface area contributed by atoms with Crippen molar-refractivity contribution < 1.29 is 4.79 Å². The Morgan fingerprint density at radius 1 is 1.21 bits per heavy atom. The van der Waals surface area contributed by atoms with Gasteiger partial charge >= 0.3 is 0 Å². The first-order valence-electron chi connectivity index (χ1n) is 10.3. The molecule has 0 spiro atoms. The van der Waals surface area contributed by atoms with E-state index in [0.29, 0.717) is 24.9 Å². The third-order valence-corrected chi connectivity index (χ3v) is 6.44. The molecule has 0 aliphatic carbocycles. The summed E-state index contributed by atoms with van der Waals surface area (Å²) < 4.78 is 0. The van der Waals surface area contributed by atoms with Crippen molar-refractivity contribution in [3.8, 4) is 0 Å². The zero-order chi connectivity index (χ0) is 20.1. The minimum Gasteiger partial charge on any atom is -0.350 e. The van der Waals surface area contributed by atoms with Gasteiger partial charge in [-0.3, -0.25) is 14.7 Å². The van der Waals surface area contributed by atoms with Crippen molar-refractivity contribution in [1.29, 1.82) is 0 Å². The second kappa shape index (κ2) is 11.5. The SMILES string of the molecule is CN=C(NCc1ncc(C)s1)N1CCN(CC(=O)N2CC(C)CC(C)C2)CC1.I. The van der Waals surface area contributed by atoms with E-state index in [4.69, 9.17) is 0 Å². The Labute approximate surface area is 196 Å². The number of aliphatic imine (C=N–C) groups is 1. The maximum Gasteiger partial charge on any atom is 0.236 e. The van der Waals surface area contributed by atoms with Gasteiger partial charge in [-0.25, -0.2) is 4.98 Å². The van der Waals surface area contributed by atoms with Gasteiger partial charge in [-0.2, -0.15) is 0 Å². The van der Waals surface area contributed by atoms with E-state index in [1.807, 2.05) is 13.2 Å². The van der Waals surface area contributed by atoms with Crippen LogP contribution < -0.4 is 5.32 Å². The number of carbonyl (C=O) groups is 1. The highest BCUT2D eigenvalue weighted by Crippen LogP contribution is 2.21. The van der Waals surface area contributed by atoms with E-state index < -0.39 is 0 Å². The van der Waals surface area contributed by atoms with E-state index in [0.717, 1.165) is 50.2 Å². The Morgan fingerprint density at radius 3 is 2.41 bits per heavy atom. The fraction of sp³-hybridized carbons (Fsp3) is 0.750. The molecule has 7 nitrogen and oxygen atoms in total. The van der Waals surface area contributed by atoms with Crippen LogP contribution in [0.5, 0.6) is 0 Å². The topological polar surface area (TPSA) is 64.1 Å². The molecule has 2 aliphatic rings. The first kappa shape index (κ1) is 24.3. The summed E-state index contributed by atoms with van der Waals surface area (Å²) in [6, 6.07) is 0. The van der Waals surface area contributed by atoms with Gasteiger partial charge in [0.15, 0.2) is 5.96 Å². The van der Waals surface area contributed by atoms with Crippen molar-refractivity contribution in [1.82, 2.24) is 25.0 Å². The minimum absolute atomic E-state index is 0. The summed E-state index contributed by atoms with van der Waals surface area (Å²) in [5.74, 6) is 2.42. The van der Waals surface area contributed by atoms with Crippen LogP contribution in [0.1, 0.15) is 30.2 Å². The number of guanidine groups is 1. The van der Waals surface area contributed by atoms with E-state index in [1.165, 1.54) is 11.3 Å². The Balaban J connectivity index is 0.00000300. The number of nitrogens with one attached hydrogen (secondary N) is 1. The molecule has 3 heterocycles.